The highest BCUT2D eigenvalue weighted by Gasteiger charge is 2.14. The van der Waals surface area contributed by atoms with Crippen molar-refractivity contribution >= 4 is 34.8 Å². The van der Waals surface area contributed by atoms with E-state index in [-0.39, 0.29) is 16.9 Å². The van der Waals surface area contributed by atoms with E-state index in [4.69, 9.17) is 12.2 Å². The molecule has 168 valence electrons. The summed E-state index contributed by atoms with van der Waals surface area (Å²) in [5.74, 6) is -0.201. The molecule has 1 aromatic carbocycles. The lowest BCUT2D eigenvalue weighted by atomic mass is 10.1. The quantitative estimate of drug-likeness (QED) is 0.283. The molecule has 0 unspecified atom stereocenters. The van der Waals surface area contributed by atoms with Crippen LogP contribution < -0.4 is 10.6 Å². The second-order valence-electron chi connectivity index (χ2n) is 8.03. The fraction of sp³-hybridized carbons (Fsp3) is 0.625. The highest BCUT2D eigenvalue weighted by atomic mass is 32.1. The number of para-hydroxylation sites is 1. The van der Waals surface area contributed by atoms with Crippen LogP contribution in [0.5, 0.6) is 0 Å². The topological polar surface area (TPSA) is 61.4 Å². The van der Waals surface area contributed by atoms with Crippen molar-refractivity contribution in [1.29, 1.82) is 0 Å². The van der Waals surface area contributed by atoms with Crippen LogP contribution in [0, 0.1) is 0 Å². The van der Waals surface area contributed by atoms with Gasteiger partial charge in [-0.15, -0.1) is 0 Å². The molecular weight excluding hydrogens is 394 g/mol. The highest BCUT2D eigenvalue weighted by Crippen LogP contribution is 2.16. The molecule has 1 aromatic rings. The Kier molecular flexibility index (Phi) is 13.8. The van der Waals surface area contributed by atoms with Crippen molar-refractivity contribution in [2.45, 2.75) is 84.0 Å². The van der Waals surface area contributed by atoms with E-state index in [1.807, 2.05) is 6.07 Å². The molecule has 0 spiro atoms. The standard InChI is InChI=1S/C24H39N3O2S/c1-4-5-6-7-8-9-10-11-12-13-14-19-22(28)26-24(30)25-21-18-16-15-17-20(21)23(29)27(2)3/h15-18H,4-14,19H2,1-3H3,(H2,25,26,28,30). The Labute approximate surface area is 188 Å². The van der Waals surface area contributed by atoms with Gasteiger partial charge in [0.15, 0.2) is 5.11 Å². The lowest BCUT2D eigenvalue weighted by Crippen LogP contribution is -2.34. The third kappa shape index (κ3) is 11.3. The average molecular weight is 434 g/mol. The van der Waals surface area contributed by atoms with Gasteiger partial charge in [-0.25, -0.2) is 0 Å². The van der Waals surface area contributed by atoms with Crippen molar-refractivity contribution in [3.63, 3.8) is 0 Å². The van der Waals surface area contributed by atoms with E-state index in [1.165, 1.54) is 62.7 Å². The van der Waals surface area contributed by atoms with E-state index < -0.39 is 0 Å². The molecule has 0 aliphatic heterocycles. The first kappa shape index (κ1) is 26.1. The molecule has 0 aliphatic carbocycles. The van der Waals surface area contributed by atoms with E-state index in [0.717, 1.165) is 12.8 Å². The zero-order chi connectivity index (χ0) is 22.2. The molecule has 30 heavy (non-hydrogen) atoms. The van der Waals surface area contributed by atoms with E-state index >= 15 is 0 Å². The molecule has 0 saturated heterocycles. The highest BCUT2D eigenvalue weighted by molar-refractivity contribution is 7.80. The Morgan fingerprint density at radius 2 is 1.40 bits per heavy atom. The molecule has 0 radical (unpaired) electrons. The lowest BCUT2D eigenvalue weighted by Gasteiger charge is -2.16. The number of nitrogens with one attached hydrogen (secondary N) is 2. The molecule has 0 aromatic heterocycles. The van der Waals surface area contributed by atoms with Gasteiger partial charge in [0.1, 0.15) is 0 Å². The first-order valence-electron chi connectivity index (χ1n) is 11.4. The first-order chi connectivity index (χ1) is 14.5. The Balaban J connectivity index is 2.18. The third-order valence-corrected chi connectivity index (χ3v) is 5.28. The molecule has 1 rings (SSSR count). The van der Waals surface area contributed by atoms with Crippen molar-refractivity contribution in [3.8, 4) is 0 Å². The van der Waals surface area contributed by atoms with Crippen LogP contribution in [0.4, 0.5) is 5.69 Å². The van der Waals surface area contributed by atoms with Gasteiger partial charge in [-0.05, 0) is 30.8 Å². The number of nitrogens with zero attached hydrogens (tertiary/aromatic N) is 1. The number of carbonyl (C=O) groups excluding carboxylic acids is 2. The first-order valence-corrected chi connectivity index (χ1v) is 11.8. The smallest absolute Gasteiger partial charge is 0.255 e. The van der Waals surface area contributed by atoms with Crippen LogP contribution in [-0.2, 0) is 4.79 Å². The number of thiocarbonyl (C=S) groups is 1. The maximum absolute atomic E-state index is 12.3. The SMILES string of the molecule is CCCCCCCCCCCCCC(=O)NC(=S)Nc1ccccc1C(=O)N(C)C. The number of hydrogen-bond donors (Lipinski definition) is 2. The molecule has 0 heterocycles. The molecule has 0 aliphatic rings. The molecule has 0 bridgehead atoms. The van der Waals surface area contributed by atoms with Crippen LogP contribution in [0.25, 0.3) is 0 Å². The van der Waals surface area contributed by atoms with Crippen LogP contribution >= 0.6 is 12.2 Å². The van der Waals surface area contributed by atoms with E-state index in [1.54, 1.807) is 32.3 Å². The minimum Gasteiger partial charge on any atom is -0.345 e. The number of amides is 2. The normalized spacial score (nSPS) is 10.5. The Bertz CT molecular complexity index is 662. The van der Waals surface area contributed by atoms with Crippen LogP contribution in [0.2, 0.25) is 0 Å². The van der Waals surface area contributed by atoms with Crippen molar-refractivity contribution in [3.05, 3.63) is 29.8 Å². The Morgan fingerprint density at radius 3 is 1.97 bits per heavy atom. The molecule has 5 nitrogen and oxygen atoms in total. The fourth-order valence-electron chi connectivity index (χ4n) is 3.31. The van der Waals surface area contributed by atoms with Crippen molar-refractivity contribution in [2.75, 3.05) is 19.4 Å². The predicted molar refractivity (Wildman–Crippen MR) is 130 cm³/mol. The average Bonchev–Trinajstić information content (AvgIpc) is 2.71. The minimum absolute atomic E-state index is 0.0835. The van der Waals surface area contributed by atoms with Gasteiger partial charge in [0, 0.05) is 20.5 Å². The summed E-state index contributed by atoms with van der Waals surface area (Å²) in [6, 6.07) is 7.14. The van der Waals surface area contributed by atoms with Gasteiger partial charge in [0.2, 0.25) is 5.91 Å². The summed E-state index contributed by atoms with van der Waals surface area (Å²) in [5, 5.41) is 5.91. The third-order valence-electron chi connectivity index (χ3n) is 5.07. The van der Waals surface area contributed by atoms with Gasteiger partial charge in [-0.1, -0.05) is 83.3 Å². The van der Waals surface area contributed by atoms with Gasteiger partial charge in [-0.2, -0.15) is 0 Å². The summed E-state index contributed by atoms with van der Waals surface area (Å²) >= 11 is 5.24. The van der Waals surface area contributed by atoms with Crippen molar-refractivity contribution in [1.82, 2.24) is 10.2 Å². The number of rotatable bonds is 14. The van der Waals surface area contributed by atoms with Crippen molar-refractivity contribution in [2.24, 2.45) is 0 Å². The van der Waals surface area contributed by atoms with Crippen LogP contribution in [0.15, 0.2) is 24.3 Å². The fourth-order valence-corrected chi connectivity index (χ4v) is 3.54. The molecular formula is C24H39N3O2S. The molecule has 2 amide bonds. The van der Waals surface area contributed by atoms with E-state index in [9.17, 15) is 9.59 Å². The Hall–Kier alpha value is -1.95. The maximum atomic E-state index is 12.3. The van der Waals surface area contributed by atoms with Crippen LogP contribution in [0.3, 0.4) is 0 Å². The molecule has 0 saturated carbocycles. The lowest BCUT2D eigenvalue weighted by molar-refractivity contribution is -0.119. The van der Waals surface area contributed by atoms with Gasteiger partial charge in [0.25, 0.3) is 5.91 Å². The predicted octanol–water partition coefficient (Wildman–Crippen LogP) is 5.90. The van der Waals surface area contributed by atoms with Gasteiger partial charge in [-0.3, -0.25) is 9.59 Å². The molecule has 0 atom stereocenters. The second-order valence-corrected chi connectivity index (χ2v) is 8.44. The van der Waals surface area contributed by atoms with Gasteiger partial charge in [0.05, 0.1) is 11.3 Å². The van der Waals surface area contributed by atoms with E-state index in [2.05, 4.69) is 17.6 Å². The van der Waals surface area contributed by atoms with Crippen molar-refractivity contribution < 1.29 is 9.59 Å². The summed E-state index contributed by atoms with van der Waals surface area (Å²) in [6.45, 7) is 2.25. The minimum atomic E-state index is -0.117. The van der Waals surface area contributed by atoms with Gasteiger partial charge >= 0.3 is 0 Å². The molecule has 2 N–H and O–H groups in total. The van der Waals surface area contributed by atoms with Crippen LogP contribution in [0.1, 0.15) is 94.3 Å². The number of unbranched alkanes of at least 4 members (excludes halogenated alkanes) is 10. The number of carbonyl (C=O) groups is 2. The maximum Gasteiger partial charge on any atom is 0.255 e. The summed E-state index contributed by atoms with van der Waals surface area (Å²) < 4.78 is 0. The zero-order valence-corrected chi connectivity index (χ0v) is 19.8. The summed E-state index contributed by atoms with van der Waals surface area (Å²) in [7, 11) is 3.40. The number of hydrogen-bond acceptors (Lipinski definition) is 3. The monoisotopic (exact) mass is 433 g/mol. The molecule has 0 fully saturated rings. The summed E-state index contributed by atoms with van der Waals surface area (Å²) in [6.07, 6.45) is 14.3. The second kappa shape index (κ2) is 15.8. The van der Waals surface area contributed by atoms with E-state index in [0.29, 0.717) is 17.7 Å². The van der Waals surface area contributed by atoms with Crippen LogP contribution in [-0.4, -0.2) is 35.9 Å². The summed E-state index contributed by atoms with van der Waals surface area (Å²) in [4.78, 5) is 25.9. The number of benzene rings is 1. The van der Waals surface area contributed by atoms with Gasteiger partial charge < -0.3 is 15.5 Å². The largest absolute Gasteiger partial charge is 0.345 e. The Morgan fingerprint density at radius 1 is 0.867 bits per heavy atom. The summed E-state index contributed by atoms with van der Waals surface area (Å²) in [5.41, 5.74) is 1.11. The zero-order valence-electron chi connectivity index (χ0n) is 19.0. The molecule has 6 heteroatoms. The number of anilines is 1.